The summed E-state index contributed by atoms with van der Waals surface area (Å²) in [6.45, 7) is 3.63. The maximum atomic E-state index is 12.9. The van der Waals surface area contributed by atoms with Crippen LogP contribution in [0.3, 0.4) is 0 Å². The van der Waals surface area contributed by atoms with E-state index in [1.165, 1.54) is 12.1 Å². The van der Waals surface area contributed by atoms with E-state index < -0.39 is 10.0 Å². The van der Waals surface area contributed by atoms with E-state index in [2.05, 4.69) is 32.9 Å². The van der Waals surface area contributed by atoms with E-state index in [4.69, 9.17) is 9.47 Å². The van der Waals surface area contributed by atoms with Crippen LogP contribution in [0.2, 0.25) is 0 Å². The molecule has 0 radical (unpaired) electrons. The summed E-state index contributed by atoms with van der Waals surface area (Å²) in [5.41, 5.74) is 0.904. The quantitative estimate of drug-likeness (QED) is 0.366. The third-order valence-electron chi connectivity index (χ3n) is 5.39. The standard InChI is InChI=1S/C24H31BrN2O5S/c1-2-3-4-5-14-32-23-13-8-18(25)16-22(23)24(28)27-19-9-11-21(12-10-19)33(29,30)26-17-20-7-6-15-31-20/h8-13,16,20,26H,2-7,14-15,17H2,1H3,(H,27,28). The molecule has 1 aliphatic rings. The maximum absolute atomic E-state index is 12.9. The highest BCUT2D eigenvalue weighted by molar-refractivity contribution is 9.10. The van der Waals surface area contributed by atoms with Crippen molar-refractivity contribution in [1.82, 2.24) is 4.72 Å². The molecule has 1 atom stereocenters. The van der Waals surface area contributed by atoms with E-state index in [-0.39, 0.29) is 23.5 Å². The molecule has 9 heteroatoms. The van der Waals surface area contributed by atoms with Crippen LogP contribution in [0.15, 0.2) is 51.8 Å². The molecule has 0 spiro atoms. The first-order valence-corrected chi connectivity index (χ1v) is 13.6. The maximum Gasteiger partial charge on any atom is 0.259 e. The number of unbranched alkanes of at least 4 members (excludes halogenated alkanes) is 3. The second-order valence-corrected chi connectivity index (χ2v) is 10.7. The molecule has 3 rings (SSSR count). The number of rotatable bonds is 12. The van der Waals surface area contributed by atoms with Gasteiger partial charge in [0.1, 0.15) is 5.75 Å². The zero-order chi connectivity index (χ0) is 23.7. The molecule has 0 bridgehead atoms. The van der Waals surface area contributed by atoms with Crippen LogP contribution < -0.4 is 14.8 Å². The van der Waals surface area contributed by atoms with Gasteiger partial charge in [0.2, 0.25) is 10.0 Å². The van der Waals surface area contributed by atoms with Crippen LogP contribution in [0.4, 0.5) is 5.69 Å². The van der Waals surface area contributed by atoms with E-state index in [0.717, 1.165) is 43.0 Å². The Labute approximate surface area is 204 Å². The first-order valence-electron chi connectivity index (χ1n) is 11.3. The van der Waals surface area contributed by atoms with Gasteiger partial charge in [-0.25, -0.2) is 13.1 Å². The molecule has 7 nitrogen and oxygen atoms in total. The van der Waals surface area contributed by atoms with E-state index in [0.29, 0.717) is 30.2 Å². The van der Waals surface area contributed by atoms with Gasteiger partial charge in [-0.3, -0.25) is 4.79 Å². The predicted octanol–water partition coefficient (Wildman–Crippen LogP) is 5.12. The molecule has 1 saturated heterocycles. The number of nitrogens with one attached hydrogen (secondary N) is 2. The lowest BCUT2D eigenvalue weighted by Crippen LogP contribution is -2.31. The molecule has 0 aliphatic carbocycles. The Bertz CT molecular complexity index is 1020. The lowest BCUT2D eigenvalue weighted by molar-refractivity contribution is 0.102. The van der Waals surface area contributed by atoms with E-state index in [1.54, 1.807) is 24.3 Å². The highest BCUT2D eigenvalue weighted by Crippen LogP contribution is 2.25. The Hall–Kier alpha value is -1.94. The van der Waals surface area contributed by atoms with Gasteiger partial charge in [0.25, 0.3) is 5.91 Å². The summed E-state index contributed by atoms with van der Waals surface area (Å²) in [6.07, 6.45) is 6.06. The molecular formula is C24H31BrN2O5S. The van der Waals surface area contributed by atoms with Crippen molar-refractivity contribution in [2.24, 2.45) is 0 Å². The van der Waals surface area contributed by atoms with Gasteiger partial charge >= 0.3 is 0 Å². The van der Waals surface area contributed by atoms with E-state index >= 15 is 0 Å². The molecule has 2 aromatic carbocycles. The Kier molecular flexibility index (Phi) is 9.73. The van der Waals surface area contributed by atoms with Crippen molar-refractivity contribution in [2.75, 3.05) is 25.1 Å². The highest BCUT2D eigenvalue weighted by atomic mass is 79.9. The summed E-state index contributed by atoms with van der Waals surface area (Å²) in [5.74, 6) is 0.191. The Morgan fingerprint density at radius 2 is 1.94 bits per heavy atom. The van der Waals surface area contributed by atoms with Crippen LogP contribution in [-0.4, -0.2) is 40.2 Å². The minimum Gasteiger partial charge on any atom is -0.493 e. The molecule has 2 N–H and O–H groups in total. The zero-order valence-corrected chi connectivity index (χ0v) is 21.2. The van der Waals surface area contributed by atoms with Crippen LogP contribution in [0.5, 0.6) is 5.75 Å². The first-order chi connectivity index (χ1) is 15.9. The fourth-order valence-electron chi connectivity index (χ4n) is 3.52. The van der Waals surface area contributed by atoms with Crippen LogP contribution >= 0.6 is 15.9 Å². The van der Waals surface area contributed by atoms with Gasteiger partial charge in [-0.2, -0.15) is 0 Å². The number of anilines is 1. The molecule has 180 valence electrons. The topological polar surface area (TPSA) is 93.7 Å². The van der Waals surface area contributed by atoms with Crippen molar-refractivity contribution in [1.29, 1.82) is 0 Å². The van der Waals surface area contributed by atoms with Crippen molar-refractivity contribution in [3.05, 3.63) is 52.5 Å². The van der Waals surface area contributed by atoms with Crippen molar-refractivity contribution in [3.8, 4) is 5.75 Å². The Morgan fingerprint density at radius 1 is 1.15 bits per heavy atom. The summed E-state index contributed by atoms with van der Waals surface area (Å²) < 4.78 is 39.7. The summed E-state index contributed by atoms with van der Waals surface area (Å²) in [4.78, 5) is 13.0. The minimum atomic E-state index is -3.64. The molecule has 1 aliphatic heterocycles. The van der Waals surface area contributed by atoms with Crippen molar-refractivity contribution in [3.63, 3.8) is 0 Å². The molecular weight excluding hydrogens is 508 g/mol. The van der Waals surface area contributed by atoms with Crippen LogP contribution in [0.25, 0.3) is 0 Å². The molecule has 1 amide bonds. The fraction of sp³-hybridized carbons (Fsp3) is 0.458. The van der Waals surface area contributed by atoms with Crippen LogP contribution in [0.1, 0.15) is 55.8 Å². The van der Waals surface area contributed by atoms with Crippen molar-refractivity contribution < 1.29 is 22.7 Å². The molecule has 1 unspecified atom stereocenters. The molecule has 2 aromatic rings. The van der Waals surface area contributed by atoms with Crippen molar-refractivity contribution >= 4 is 37.5 Å². The third kappa shape index (κ3) is 7.81. The monoisotopic (exact) mass is 538 g/mol. The van der Waals surface area contributed by atoms with E-state index in [1.807, 2.05) is 6.07 Å². The summed E-state index contributed by atoms with van der Waals surface area (Å²) in [7, 11) is -3.64. The largest absolute Gasteiger partial charge is 0.493 e. The summed E-state index contributed by atoms with van der Waals surface area (Å²) >= 11 is 3.40. The Balaban J connectivity index is 1.61. The van der Waals surface area contributed by atoms with Gasteiger partial charge in [-0.05, 0) is 61.7 Å². The van der Waals surface area contributed by atoms with Crippen LogP contribution in [-0.2, 0) is 14.8 Å². The number of sulfonamides is 1. The number of ether oxygens (including phenoxy) is 2. The van der Waals surface area contributed by atoms with E-state index in [9.17, 15) is 13.2 Å². The van der Waals surface area contributed by atoms with Crippen molar-refractivity contribution in [2.45, 2.75) is 56.4 Å². The van der Waals surface area contributed by atoms with Crippen LogP contribution in [0, 0.1) is 0 Å². The Morgan fingerprint density at radius 3 is 2.64 bits per heavy atom. The molecule has 33 heavy (non-hydrogen) atoms. The predicted molar refractivity (Wildman–Crippen MR) is 132 cm³/mol. The lowest BCUT2D eigenvalue weighted by Gasteiger charge is -2.13. The normalized spacial score (nSPS) is 16.0. The van der Waals surface area contributed by atoms with Gasteiger partial charge in [0.15, 0.2) is 0 Å². The lowest BCUT2D eigenvalue weighted by atomic mass is 10.1. The first kappa shape index (κ1) is 25.7. The van der Waals surface area contributed by atoms with Gasteiger partial charge in [-0.1, -0.05) is 42.1 Å². The second-order valence-electron chi connectivity index (χ2n) is 8.02. The van der Waals surface area contributed by atoms with Gasteiger partial charge in [0, 0.05) is 23.3 Å². The molecule has 1 fully saturated rings. The van der Waals surface area contributed by atoms with Gasteiger partial charge < -0.3 is 14.8 Å². The second kappa shape index (κ2) is 12.5. The molecule has 0 saturated carbocycles. The third-order valence-corrected chi connectivity index (χ3v) is 7.32. The highest BCUT2D eigenvalue weighted by Gasteiger charge is 2.20. The smallest absolute Gasteiger partial charge is 0.259 e. The van der Waals surface area contributed by atoms with Gasteiger partial charge in [0.05, 0.1) is 23.2 Å². The number of carbonyl (C=O) groups is 1. The average Bonchev–Trinajstić information content (AvgIpc) is 3.33. The number of carbonyl (C=O) groups excluding carboxylic acids is 1. The average molecular weight is 539 g/mol. The SMILES string of the molecule is CCCCCCOc1ccc(Br)cc1C(=O)Nc1ccc(S(=O)(=O)NCC2CCCO2)cc1. The number of hydrogen-bond acceptors (Lipinski definition) is 5. The number of benzene rings is 2. The summed E-state index contributed by atoms with van der Waals surface area (Å²) in [6, 6.07) is 11.4. The number of amides is 1. The molecule has 1 heterocycles. The zero-order valence-electron chi connectivity index (χ0n) is 18.8. The number of halogens is 1. The minimum absolute atomic E-state index is 0.0772. The molecule has 0 aromatic heterocycles. The van der Waals surface area contributed by atoms with Gasteiger partial charge in [-0.15, -0.1) is 0 Å². The summed E-state index contributed by atoms with van der Waals surface area (Å²) in [5, 5.41) is 2.82. The fourth-order valence-corrected chi connectivity index (χ4v) is 4.95. The number of hydrogen-bond donors (Lipinski definition) is 2.